The Hall–Kier alpha value is -2.41. The molecule has 2 aromatic heterocycles. The van der Waals surface area contributed by atoms with Crippen LogP contribution in [0, 0.1) is 5.92 Å². The Morgan fingerprint density at radius 3 is 2.85 bits per heavy atom. The van der Waals surface area contributed by atoms with Crippen LogP contribution in [0.3, 0.4) is 0 Å². The molecule has 1 aliphatic heterocycles. The number of aromatic amines is 1. The van der Waals surface area contributed by atoms with Crippen molar-refractivity contribution in [3.8, 4) is 17.1 Å². The molecular weight excluding hydrogens is 330 g/mol. The molecule has 0 aliphatic carbocycles. The topological polar surface area (TPSA) is 83.1 Å². The van der Waals surface area contributed by atoms with Crippen LogP contribution in [-0.4, -0.2) is 52.7 Å². The van der Waals surface area contributed by atoms with Gasteiger partial charge in [-0.2, -0.15) is 5.10 Å². The third-order valence-electron chi connectivity index (χ3n) is 4.86. The van der Waals surface area contributed by atoms with Gasteiger partial charge in [0.1, 0.15) is 0 Å². The minimum absolute atomic E-state index is 0.00733. The van der Waals surface area contributed by atoms with Crippen LogP contribution in [0.1, 0.15) is 32.6 Å². The number of aromatic nitrogens is 3. The van der Waals surface area contributed by atoms with Crippen LogP contribution in [0.15, 0.2) is 24.4 Å². The van der Waals surface area contributed by atoms with Crippen molar-refractivity contribution >= 4 is 11.7 Å². The third-order valence-corrected chi connectivity index (χ3v) is 4.86. The summed E-state index contributed by atoms with van der Waals surface area (Å²) in [5.74, 6) is 1.06. The van der Waals surface area contributed by atoms with Gasteiger partial charge in [0, 0.05) is 29.8 Å². The van der Waals surface area contributed by atoms with Gasteiger partial charge in [0.25, 0.3) is 0 Å². The third kappa shape index (κ3) is 4.82. The highest BCUT2D eigenvalue weighted by atomic mass is 16.5. The van der Waals surface area contributed by atoms with Gasteiger partial charge in [0.05, 0.1) is 12.8 Å². The van der Waals surface area contributed by atoms with E-state index in [4.69, 9.17) is 4.74 Å². The van der Waals surface area contributed by atoms with Crippen molar-refractivity contribution in [2.75, 3.05) is 32.1 Å². The summed E-state index contributed by atoms with van der Waals surface area (Å²) in [5.41, 5.74) is 1.69. The summed E-state index contributed by atoms with van der Waals surface area (Å²) in [6.45, 7) is 5.28. The number of pyridine rings is 1. The lowest BCUT2D eigenvalue weighted by molar-refractivity contribution is -0.119. The molecule has 1 atom stereocenters. The van der Waals surface area contributed by atoms with Crippen molar-refractivity contribution in [1.29, 1.82) is 0 Å². The predicted octanol–water partition coefficient (Wildman–Crippen LogP) is 2.93. The standard InChI is InChI=1S/C19H27N5O2/c1-14(8-11-24-9-4-3-5-10-24)19(25)21-17-12-16(22-23-17)15-6-7-18(26-2)20-13-15/h6-7,12-14H,3-5,8-11H2,1-2H3,(H2,21,22,23,25). The van der Waals surface area contributed by atoms with Crippen LogP contribution < -0.4 is 10.1 Å². The van der Waals surface area contributed by atoms with Gasteiger partial charge in [-0.15, -0.1) is 0 Å². The number of likely N-dealkylation sites (tertiary alicyclic amines) is 1. The highest BCUT2D eigenvalue weighted by molar-refractivity contribution is 5.91. The molecule has 0 bridgehead atoms. The minimum Gasteiger partial charge on any atom is -0.481 e. The summed E-state index contributed by atoms with van der Waals surface area (Å²) >= 11 is 0. The lowest BCUT2D eigenvalue weighted by Gasteiger charge is -2.27. The van der Waals surface area contributed by atoms with E-state index >= 15 is 0 Å². The lowest BCUT2D eigenvalue weighted by atomic mass is 10.1. The van der Waals surface area contributed by atoms with Gasteiger partial charge in [0.15, 0.2) is 5.82 Å². The number of carbonyl (C=O) groups is 1. The minimum atomic E-state index is -0.0419. The van der Waals surface area contributed by atoms with E-state index in [0.717, 1.165) is 37.3 Å². The number of methoxy groups -OCH3 is 1. The van der Waals surface area contributed by atoms with E-state index in [-0.39, 0.29) is 11.8 Å². The van der Waals surface area contributed by atoms with E-state index in [0.29, 0.717) is 11.7 Å². The maximum absolute atomic E-state index is 12.4. The first-order valence-corrected chi connectivity index (χ1v) is 9.25. The number of H-pyrrole nitrogens is 1. The van der Waals surface area contributed by atoms with Gasteiger partial charge in [-0.05, 0) is 45.0 Å². The van der Waals surface area contributed by atoms with Gasteiger partial charge in [0.2, 0.25) is 11.8 Å². The van der Waals surface area contributed by atoms with Crippen molar-refractivity contribution in [3.05, 3.63) is 24.4 Å². The van der Waals surface area contributed by atoms with Gasteiger partial charge in [-0.25, -0.2) is 4.98 Å². The molecule has 1 fully saturated rings. The number of rotatable bonds is 7. The first kappa shape index (κ1) is 18.4. The molecule has 3 heterocycles. The molecule has 7 heteroatoms. The van der Waals surface area contributed by atoms with Crippen LogP contribution in [0.5, 0.6) is 5.88 Å². The lowest BCUT2D eigenvalue weighted by Crippen LogP contribution is -2.33. The van der Waals surface area contributed by atoms with E-state index in [1.54, 1.807) is 19.4 Å². The molecule has 140 valence electrons. The van der Waals surface area contributed by atoms with Crippen LogP contribution in [0.2, 0.25) is 0 Å². The maximum atomic E-state index is 12.4. The van der Waals surface area contributed by atoms with Gasteiger partial charge >= 0.3 is 0 Å². The number of amides is 1. The summed E-state index contributed by atoms with van der Waals surface area (Å²) < 4.78 is 5.06. The molecule has 7 nitrogen and oxygen atoms in total. The Morgan fingerprint density at radius 1 is 1.35 bits per heavy atom. The van der Waals surface area contributed by atoms with Crippen molar-refractivity contribution in [1.82, 2.24) is 20.1 Å². The molecule has 2 N–H and O–H groups in total. The number of ether oxygens (including phenoxy) is 1. The highest BCUT2D eigenvalue weighted by Crippen LogP contribution is 2.21. The van der Waals surface area contributed by atoms with E-state index in [1.165, 1.54) is 19.3 Å². The Kier molecular flexibility index (Phi) is 6.22. The second-order valence-corrected chi connectivity index (χ2v) is 6.84. The molecule has 0 spiro atoms. The van der Waals surface area contributed by atoms with Crippen LogP contribution in [0.4, 0.5) is 5.82 Å². The molecule has 1 saturated heterocycles. The second-order valence-electron chi connectivity index (χ2n) is 6.84. The normalized spacial score (nSPS) is 16.2. The van der Waals surface area contributed by atoms with E-state index in [2.05, 4.69) is 25.4 Å². The summed E-state index contributed by atoms with van der Waals surface area (Å²) in [7, 11) is 1.58. The van der Waals surface area contributed by atoms with Crippen LogP contribution in [-0.2, 0) is 4.79 Å². The molecule has 1 unspecified atom stereocenters. The first-order valence-electron chi connectivity index (χ1n) is 9.25. The van der Waals surface area contributed by atoms with E-state index in [9.17, 15) is 4.79 Å². The van der Waals surface area contributed by atoms with Crippen molar-refractivity contribution < 1.29 is 9.53 Å². The fraction of sp³-hybridized carbons (Fsp3) is 0.526. The number of piperidine rings is 1. The predicted molar refractivity (Wildman–Crippen MR) is 101 cm³/mol. The molecule has 0 aromatic carbocycles. The Balaban J connectivity index is 1.51. The Bertz CT molecular complexity index is 707. The monoisotopic (exact) mass is 357 g/mol. The van der Waals surface area contributed by atoms with Crippen molar-refractivity contribution in [2.24, 2.45) is 5.92 Å². The average molecular weight is 357 g/mol. The smallest absolute Gasteiger partial charge is 0.228 e. The molecule has 26 heavy (non-hydrogen) atoms. The maximum Gasteiger partial charge on any atom is 0.228 e. The number of nitrogens with one attached hydrogen (secondary N) is 2. The quantitative estimate of drug-likeness (QED) is 0.796. The second kappa shape index (κ2) is 8.80. The largest absolute Gasteiger partial charge is 0.481 e. The number of carbonyl (C=O) groups excluding carboxylic acids is 1. The van der Waals surface area contributed by atoms with Crippen molar-refractivity contribution in [3.63, 3.8) is 0 Å². The molecule has 3 rings (SSSR count). The zero-order valence-electron chi connectivity index (χ0n) is 15.5. The molecular formula is C19H27N5O2. The van der Waals surface area contributed by atoms with Crippen LogP contribution in [0.25, 0.3) is 11.3 Å². The molecule has 1 amide bonds. The summed E-state index contributed by atoms with van der Waals surface area (Å²) in [4.78, 5) is 19.0. The number of hydrogen-bond acceptors (Lipinski definition) is 5. The van der Waals surface area contributed by atoms with Gasteiger partial charge in [-0.3, -0.25) is 9.89 Å². The fourth-order valence-corrected chi connectivity index (χ4v) is 3.13. The highest BCUT2D eigenvalue weighted by Gasteiger charge is 2.17. The molecule has 0 saturated carbocycles. The van der Waals surface area contributed by atoms with Crippen LogP contribution >= 0.6 is 0 Å². The average Bonchev–Trinajstić information content (AvgIpc) is 3.15. The molecule has 0 radical (unpaired) electrons. The Labute approximate surface area is 154 Å². The summed E-state index contributed by atoms with van der Waals surface area (Å²) in [5, 5.41) is 10.0. The Morgan fingerprint density at radius 2 is 2.15 bits per heavy atom. The SMILES string of the molecule is COc1ccc(-c2cc(NC(=O)C(C)CCN3CCCCC3)n[nH]2)cn1. The summed E-state index contributed by atoms with van der Waals surface area (Å²) in [6.07, 6.45) is 6.45. The summed E-state index contributed by atoms with van der Waals surface area (Å²) in [6, 6.07) is 5.50. The number of hydrogen-bond donors (Lipinski definition) is 2. The molecule has 1 aliphatic rings. The number of anilines is 1. The zero-order valence-corrected chi connectivity index (χ0v) is 15.5. The first-order chi connectivity index (χ1) is 12.7. The zero-order chi connectivity index (χ0) is 18.4. The molecule has 2 aromatic rings. The van der Waals surface area contributed by atoms with Crippen molar-refractivity contribution in [2.45, 2.75) is 32.6 Å². The van der Waals surface area contributed by atoms with E-state index < -0.39 is 0 Å². The van der Waals surface area contributed by atoms with Gasteiger partial charge < -0.3 is 15.0 Å². The van der Waals surface area contributed by atoms with Gasteiger partial charge in [-0.1, -0.05) is 13.3 Å². The number of nitrogens with zero attached hydrogens (tertiary/aromatic N) is 3. The van der Waals surface area contributed by atoms with E-state index in [1.807, 2.05) is 19.1 Å². The fourth-order valence-electron chi connectivity index (χ4n) is 3.13.